The van der Waals surface area contributed by atoms with Gasteiger partial charge in [-0.1, -0.05) is 6.92 Å². The minimum Gasteiger partial charge on any atom is -0.354 e. The molecule has 1 rings (SSSR count). The number of rotatable bonds is 8. The van der Waals surface area contributed by atoms with E-state index >= 15 is 0 Å². The van der Waals surface area contributed by atoms with Crippen molar-refractivity contribution in [2.75, 3.05) is 48.2 Å². The minimum absolute atomic E-state index is 0.325. The van der Waals surface area contributed by atoms with Crippen molar-refractivity contribution >= 4 is 29.6 Å². The van der Waals surface area contributed by atoms with E-state index in [1.807, 2.05) is 19.0 Å². The van der Waals surface area contributed by atoms with Crippen LogP contribution < -0.4 is 15.5 Å². The highest BCUT2D eigenvalue weighted by Crippen LogP contribution is 2.13. The predicted molar refractivity (Wildman–Crippen MR) is 84.4 cm³/mol. The zero-order valence-corrected chi connectivity index (χ0v) is 13.2. The van der Waals surface area contributed by atoms with Crippen LogP contribution in [0, 0.1) is 0 Å². The maximum absolute atomic E-state index is 4.41. The first-order valence-corrected chi connectivity index (χ1v) is 7.89. The topological polar surface area (TPSA) is 66.0 Å². The van der Waals surface area contributed by atoms with Gasteiger partial charge >= 0.3 is 0 Å². The van der Waals surface area contributed by atoms with E-state index in [-0.39, 0.29) is 0 Å². The molecule has 0 amide bonds. The lowest BCUT2D eigenvalue weighted by Crippen LogP contribution is -2.22. The molecule has 7 heteroatoms. The summed E-state index contributed by atoms with van der Waals surface area (Å²) in [5.41, 5.74) is 0. The summed E-state index contributed by atoms with van der Waals surface area (Å²) in [7, 11) is 3.85. The first-order valence-electron chi connectivity index (χ1n) is 6.49. The number of nitrogens with one attached hydrogen (secondary N) is 2. The maximum Gasteiger partial charge on any atom is 0.231 e. The van der Waals surface area contributed by atoms with Gasteiger partial charge in [-0.05, 0) is 19.6 Å². The van der Waals surface area contributed by atoms with E-state index in [0.717, 1.165) is 18.7 Å². The number of anilines is 3. The van der Waals surface area contributed by atoms with E-state index in [1.165, 1.54) is 0 Å². The molecule has 0 aliphatic carbocycles. The Morgan fingerprint density at radius 2 is 1.89 bits per heavy atom. The fourth-order valence-corrected chi connectivity index (χ4v) is 2.04. The quantitative estimate of drug-likeness (QED) is 0.756. The fourth-order valence-electron chi connectivity index (χ4n) is 1.46. The Bertz CT molecular complexity index is 384. The average molecular weight is 284 g/mol. The van der Waals surface area contributed by atoms with E-state index in [0.29, 0.717) is 23.9 Å². The molecule has 0 saturated carbocycles. The average Bonchev–Trinajstić information content (AvgIpc) is 2.36. The Kier molecular flexibility index (Phi) is 6.69. The van der Waals surface area contributed by atoms with Crippen LogP contribution in [0.1, 0.15) is 20.3 Å². The van der Waals surface area contributed by atoms with Crippen LogP contribution in [0.2, 0.25) is 0 Å². The second kappa shape index (κ2) is 8.04. The molecular weight excluding hydrogens is 260 g/mol. The lowest BCUT2D eigenvalue weighted by molar-refractivity contribution is 0.863. The van der Waals surface area contributed by atoms with Crippen molar-refractivity contribution in [3.05, 3.63) is 0 Å². The lowest BCUT2D eigenvalue weighted by atomic mass is 10.4. The van der Waals surface area contributed by atoms with Gasteiger partial charge in [0.25, 0.3) is 0 Å². The van der Waals surface area contributed by atoms with E-state index < -0.39 is 0 Å². The first-order chi connectivity index (χ1) is 9.06. The number of nitrogens with zero attached hydrogens (tertiary/aromatic N) is 4. The smallest absolute Gasteiger partial charge is 0.231 e. The summed E-state index contributed by atoms with van der Waals surface area (Å²) in [6, 6.07) is 0.325. The summed E-state index contributed by atoms with van der Waals surface area (Å²) < 4.78 is 0. The van der Waals surface area contributed by atoms with Gasteiger partial charge in [0.05, 0.1) is 0 Å². The Balaban J connectivity index is 2.86. The molecule has 0 aliphatic heterocycles. The van der Waals surface area contributed by atoms with Gasteiger partial charge in [-0.15, -0.1) is 0 Å². The van der Waals surface area contributed by atoms with Crippen LogP contribution in [-0.4, -0.2) is 53.6 Å². The highest BCUT2D eigenvalue weighted by atomic mass is 32.2. The highest BCUT2D eigenvalue weighted by molar-refractivity contribution is 7.98. The third-order valence-electron chi connectivity index (χ3n) is 2.35. The third-order valence-corrected chi connectivity index (χ3v) is 3.18. The molecule has 1 atom stereocenters. The van der Waals surface area contributed by atoms with Crippen molar-refractivity contribution in [1.82, 2.24) is 15.0 Å². The van der Waals surface area contributed by atoms with Crippen molar-refractivity contribution in [3.63, 3.8) is 0 Å². The van der Waals surface area contributed by atoms with Crippen LogP contribution in [-0.2, 0) is 0 Å². The molecule has 108 valence electrons. The van der Waals surface area contributed by atoms with Gasteiger partial charge < -0.3 is 15.5 Å². The normalized spacial score (nSPS) is 12.1. The molecule has 0 spiro atoms. The van der Waals surface area contributed by atoms with Crippen molar-refractivity contribution in [3.8, 4) is 0 Å². The molecule has 0 bridgehead atoms. The minimum atomic E-state index is 0.325. The van der Waals surface area contributed by atoms with Crippen molar-refractivity contribution in [2.45, 2.75) is 26.3 Å². The molecule has 0 aliphatic rings. The van der Waals surface area contributed by atoms with Gasteiger partial charge in [0, 0.05) is 32.4 Å². The van der Waals surface area contributed by atoms with Crippen LogP contribution in [0.5, 0.6) is 0 Å². The van der Waals surface area contributed by atoms with Gasteiger partial charge in [-0.3, -0.25) is 0 Å². The van der Waals surface area contributed by atoms with Crippen molar-refractivity contribution < 1.29 is 0 Å². The van der Waals surface area contributed by atoms with Crippen molar-refractivity contribution in [1.29, 1.82) is 0 Å². The first kappa shape index (κ1) is 15.8. The summed E-state index contributed by atoms with van der Waals surface area (Å²) in [6.45, 7) is 5.09. The molecule has 0 aromatic carbocycles. The molecular formula is C12H24N6S. The van der Waals surface area contributed by atoms with Gasteiger partial charge in [-0.2, -0.15) is 26.7 Å². The van der Waals surface area contributed by atoms with E-state index in [9.17, 15) is 0 Å². The molecule has 0 fully saturated rings. The Morgan fingerprint density at radius 1 is 1.21 bits per heavy atom. The second-order valence-electron chi connectivity index (χ2n) is 4.60. The standard InChI is InChI=1S/C12H24N6S/c1-6-7-13-10-15-11(14-9(2)8-19-5)17-12(16-10)18(3)4/h9H,6-8H2,1-5H3,(H2,13,14,15,16,17). The van der Waals surface area contributed by atoms with Crippen molar-refractivity contribution in [2.24, 2.45) is 0 Å². The fraction of sp³-hybridized carbons (Fsp3) is 0.750. The monoisotopic (exact) mass is 284 g/mol. The van der Waals surface area contributed by atoms with Gasteiger partial charge in [-0.25, -0.2) is 0 Å². The summed E-state index contributed by atoms with van der Waals surface area (Å²) in [4.78, 5) is 15.1. The molecule has 6 nitrogen and oxygen atoms in total. The van der Waals surface area contributed by atoms with Crippen LogP contribution in [0.25, 0.3) is 0 Å². The van der Waals surface area contributed by atoms with Crippen LogP contribution in [0.3, 0.4) is 0 Å². The van der Waals surface area contributed by atoms with Gasteiger partial charge in [0.1, 0.15) is 0 Å². The summed E-state index contributed by atoms with van der Waals surface area (Å²) in [5, 5.41) is 6.51. The number of thioether (sulfide) groups is 1. The zero-order valence-electron chi connectivity index (χ0n) is 12.4. The highest BCUT2D eigenvalue weighted by Gasteiger charge is 2.09. The number of hydrogen-bond acceptors (Lipinski definition) is 7. The summed E-state index contributed by atoms with van der Waals surface area (Å²) >= 11 is 1.80. The maximum atomic E-state index is 4.41. The number of aromatic nitrogens is 3. The molecule has 1 heterocycles. The molecule has 1 unspecified atom stereocenters. The van der Waals surface area contributed by atoms with Crippen LogP contribution in [0.15, 0.2) is 0 Å². The molecule has 19 heavy (non-hydrogen) atoms. The Hall–Kier alpha value is -1.24. The van der Waals surface area contributed by atoms with Crippen LogP contribution >= 0.6 is 11.8 Å². The lowest BCUT2D eigenvalue weighted by Gasteiger charge is -2.16. The SMILES string of the molecule is CCCNc1nc(NC(C)CSC)nc(N(C)C)n1. The molecule has 2 N–H and O–H groups in total. The molecule has 1 aromatic rings. The Labute approximate surface area is 119 Å². The second-order valence-corrected chi connectivity index (χ2v) is 5.52. The third kappa shape index (κ3) is 5.50. The zero-order chi connectivity index (χ0) is 14.3. The molecule has 1 aromatic heterocycles. The molecule has 0 radical (unpaired) electrons. The van der Waals surface area contributed by atoms with E-state index in [2.05, 4.69) is 45.7 Å². The summed E-state index contributed by atoms with van der Waals surface area (Å²) in [5.74, 6) is 2.92. The van der Waals surface area contributed by atoms with Crippen LogP contribution in [0.4, 0.5) is 17.8 Å². The van der Waals surface area contributed by atoms with Gasteiger partial charge in [0.15, 0.2) is 0 Å². The van der Waals surface area contributed by atoms with Gasteiger partial charge in [0.2, 0.25) is 17.8 Å². The number of hydrogen-bond donors (Lipinski definition) is 2. The molecule has 0 saturated heterocycles. The predicted octanol–water partition coefficient (Wildman–Crippen LogP) is 1.92. The van der Waals surface area contributed by atoms with E-state index in [4.69, 9.17) is 0 Å². The van der Waals surface area contributed by atoms with E-state index in [1.54, 1.807) is 11.8 Å². The Morgan fingerprint density at radius 3 is 2.47 bits per heavy atom. The summed E-state index contributed by atoms with van der Waals surface area (Å²) in [6.07, 6.45) is 3.12. The largest absolute Gasteiger partial charge is 0.354 e.